The number of aromatic hydroxyl groups is 1. The fraction of sp³-hybridized carbons (Fsp3) is 0.682. The van der Waals surface area contributed by atoms with Crippen LogP contribution in [-0.2, 0) is 23.4 Å². The van der Waals surface area contributed by atoms with Crippen molar-refractivity contribution in [2.24, 2.45) is 0 Å². The summed E-state index contributed by atoms with van der Waals surface area (Å²) in [6, 6.07) is 5.45. The number of aromatic nitrogens is 4. The first kappa shape index (κ1) is 47.9. The SMILES string of the molecule is CCCCCCCCCCCC(CCCCCCCCCCC)OC(=O)[C@H](C)N[P+](=O)OC[C@@]1(C#Cc2ccccc2O)O[C@@H](n2cnc3c(N)nc(F)nc32)C[C@@H]1O. The predicted molar refractivity (Wildman–Crippen MR) is 228 cm³/mol. The number of aliphatic hydroxyl groups is 1. The Morgan fingerprint density at radius 2 is 1.56 bits per heavy atom. The van der Waals surface area contributed by atoms with Crippen LogP contribution in [0.15, 0.2) is 30.6 Å². The number of ether oxygens (including phenoxy) is 2. The largest absolute Gasteiger partial charge is 0.613 e. The second-order valence-electron chi connectivity index (χ2n) is 15.9. The number of benzene rings is 1. The van der Waals surface area contributed by atoms with Gasteiger partial charge in [0.1, 0.15) is 36.8 Å². The minimum Gasteiger partial charge on any atom is -0.507 e. The third kappa shape index (κ3) is 15.7. The molecule has 1 unspecified atom stereocenters. The lowest BCUT2D eigenvalue weighted by Crippen LogP contribution is -2.43. The van der Waals surface area contributed by atoms with E-state index in [0.717, 1.165) is 38.5 Å². The monoisotopic (exact) mass is 841 g/mol. The van der Waals surface area contributed by atoms with Crippen LogP contribution in [0.1, 0.15) is 167 Å². The molecule has 326 valence electrons. The van der Waals surface area contributed by atoms with E-state index in [4.69, 9.17) is 19.7 Å². The van der Waals surface area contributed by atoms with Crippen LogP contribution in [0.2, 0.25) is 0 Å². The Morgan fingerprint density at radius 1 is 0.983 bits per heavy atom. The van der Waals surface area contributed by atoms with Crippen molar-refractivity contribution < 1.29 is 38.0 Å². The van der Waals surface area contributed by atoms with E-state index in [9.17, 15) is 24.0 Å². The molecule has 0 radical (unpaired) electrons. The number of nitrogen functional groups attached to an aromatic ring is 1. The molecule has 0 saturated carbocycles. The summed E-state index contributed by atoms with van der Waals surface area (Å²) < 4.78 is 46.9. The second-order valence-corrected chi connectivity index (χ2v) is 16.9. The minimum absolute atomic E-state index is 0.0478. The number of fused-ring (bicyclic) bond motifs is 1. The van der Waals surface area contributed by atoms with Gasteiger partial charge >= 0.3 is 20.2 Å². The van der Waals surface area contributed by atoms with Gasteiger partial charge in [0.25, 0.3) is 0 Å². The Hall–Kier alpha value is -3.73. The number of imidazole rings is 1. The number of unbranched alkanes of at least 4 members (excludes halogenated alkanes) is 16. The molecule has 13 nitrogen and oxygen atoms in total. The number of nitrogens with one attached hydrogen (secondary N) is 1. The summed E-state index contributed by atoms with van der Waals surface area (Å²) in [6.07, 6.45) is 21.2. The van der Waals surface area contributed by atoms with Gasteiger partial charge in [0, 0.05) is 6.42 Å². The molecule has 5 atom stereocenters. The normalized spacial score (nSPS) is 18.6. The van der Waals surface area contributed by atoms with Gasteiger partial charge in [-0.1, -0.05) is 146 Å². The van der Waals surface area contributed by atoms with E-state index in [1.807, 2.05) is 0 Å². The predicted octanol–water partition coefficient (Wildman–Crippen LogP) is 9.73. The highest BCUT2D eigenvalue weighted by Crippen LogP contribution is 2.40. The standard InChI is InChI=1S/C44H66FN6O7P/c1-4-6-8-10-12-14-16-18-20-25-35(26-21-19-17-15-13-11-9-7-5-2)57-42(54)33(3)50-59(55)56-31-44(29-28-34-24-22-23-27-36(34)52)37(53)30-38(58-44)51-32-47-39-40(46)48-43(45)49-41(39)51/h22-24,27,32-33,35,37-38,53H,4-21,25-26,30-31H2,1-3H3,(H3-,46,48,49,50,52,55)/p+1/t33-,37-,38+,44+/m0/s1. The summed E-state index contributed by atoms with van der Waals surface area (Å²) in [5.74, 6) is 4.97. The number of phenols is 1. The molecule has 3 heterocycles. The summed E-state index contributed by atoms with van der Waals surface area (Å²) >= 11 is 0. The maximum absolute atomic E-state index is 14.2. The molecule has 1 aliphatic rings. The molecule has 1 saturated heterocycles. The molecular formula is C44H67FN6O7P+. The van der Waals surface area contributed by atoms with Crippen LogP contribution in [0.3, 0.4) is 0 Å². The molecule has 5 N–H and O–H groups in total. The summed E-state index contributed by atoms with van der Waals surface area (Å²) in [5.41, 5.74) is 4.54. The highest BCUT2D eigenvalue weighted by Gasteiger charge is 2.51. The first-order valence-corrected chi connectivity index (χ1v) is 23.1. The van der Waals surface area contributed by atoms with Crippen molar-refractivity contribution in [3.63, 3.8) is 0 Å². The number of carbonyl (C=O) groups excluding carboxylic acids is 1. The first-order chi connectivity index (χ1) is 28.6. The number of halogens is 1. The molecule has 0 amide bonds. The van der Waals surface area contributed by atoms with Crippen molar-refractivity contribution in [2.75, 3.05) is 12.3 Å². The molecule has 4 rings (SSSR count). The number of para-hydroxylation sites is 1. The lowest BCUT2D eigenvalue weighted by Gasteiger charge is -2.24. The Balaban J connectivity index is 1.35. The second kappa shape index (κ2) is 25.8. The number of hydrogen-bond acceptors (Lipinski definition) is 11. The van der Waals surface area contributed by atoms with Crippen LogP contribution in [0, 0.1) is 17.9 Å². The van der Waals surface area contributed by atoms with E-state index >= 15 is 0 Å². The third-order valence-corrected chi connectivity index (χ3v) is 11.9. The number of anilines is 1. The average molecular weight is 842 g/mol. The van der Waals surface area contributed by atoms with E-state index in [1.165, 1.54) is 107 Å². The highest BCUT2D eigenvalue weighted by atomic mass is 31.1. The number of aliphatic hydroxyl groups excluding tert-OH is 1. The average Bonchev–Trinajstić information content (AvgIpc) is 3.79. The number of rotatable bonds is 28. The van der Waals surface area contributed by atoms with Gasteiger partial charge in [0.2, 0.25) is 0 Å². The van der Waals surface area contributed by atoms with Crippen molar-refractivity contribution in [3.8, 4) is 17.6 Å². The first-order valence-electron chi connectivity index (χ1n) is 22.0. The maximum Gasteiger partial charge on any atom is 0.613 e. The van der Waals surface area contributed by atoms with Gasteiger partial charge in [0.05, 0.1) is 11.9 Å². The van der Waals surface area contributed by atoms with Crippen molar-refractivity contribution in [1.82, 2.24) is 24.6 Å². The topological polar surface area (TPSA) is 184 Å². The van der Waals surface area contributed by atoms with Gasteiger partial charge < -0.3 is 25.4 Å². The van der Waals surface area contributed by atoms with E-state index in [1.54, 1.807) is 25.1 Å². The van der Waals surface area contributed by atoms with Gasteiger partial charge in [-0.15, -0.1) is 4.52 Å². The number of hydrogen-bond donors (Lipinski definition) is 4. The summed E-state index contributed by atoms with van der Waals surface area (Å²) in [7, 11) is -2.67. The van der Waals surface area contributed by atoms with Crippen LogP contribution in [0.4, 0.5) is 10.2 Å². The number of carbonyl (C=O) groups is 1. The highest BCUT2D eigenvalue weighted by molar-refractivity contribution is 7.36. The van der Waals surface area contributed by atoms with Gasteiger partial charge in [-0.2, -0.15) is 14.4 Å². The summed E-state index contributed by atoms with van der Waals surface area (Å²) in [6.45, 7) is 5.55. The lowest BCUT2D eigenvalue weighted by molar-refractivity contribution is -0.151. The van der Waals surface area contributed by atoms with Crippen LogP contribution in [-0.4, -0.2) is 66.2 Å². The number of phenolic OH excluding ortho intramolecular Hbond substituents is 1. The number of nitrogens with two attached hydrogens (primary N) is 1. The zero-order chi connectivity index (χ0) is 42.5. The lowest BCUT2D eigenvalue weighted by atomic mass is 9.97. The molecule has 3 aromatic rings. The van der Waals surface area contributed by atoms with E-state index < -0.39 is 50.8 Å². The zero-order valence-corrected chi connectivity index (χ0v) is 36.3. The van der Waals surface area contributed by atoms with E-state index in [-0.39, 0.29) is 40.8 Å². The molecular weight excluding hydrogens is 774 g/mol. The van der Waals surface area contributed by atoms with Gasteiger partial charge in [-0.25, -0.2) is 4.98 Å². The van der Waals surface area contributed by atoms with Crippen molar-refractivity contribution >= 4 is 31.1 Å². The molecule has 2 aromatic heterocycles. The van der Waals surface area contributed by atoms with Crippen molar-refractivity contribution in [2.45, 2.75) is 186 Å². The third-order valence-electron chi connectivity index (χ3n) is 10.9. The van der Waals surface area contributed by atoms with Crippen LogP contribution < -0.4 is 10.8 Å². The van der Waals surface area contributed by atoms with Crippen LogP contribution >= 0.6 is 8.18 Å². The molecule has 0 aliphatic carbocycles. The Kier molecular flexibility index (Phi) is 21.0. The molecule has 1 aromatic carbocycles. The molecule has 1 aliphatic heterocycles. The molecule has 15 heteroatoms. The van der Waals surface area contributed by atoms with Crippen LogP contribution in [0.5, 0.6) is 5.75 Å². The molecule has 0 bridgehead atoms. The van der Waals surface area contributed by atoms with E-state index in [0.29, 0.717) is 0 Å². The van der Waals surface area contributed by atoms with Crippen molar-refractivity contribution in [1.29, 1.82) is 0 Å². The van der Waals surface area contributed by atoms with Gasteiger partial charge in [-0.3, -0.25) is 9.36 Å². The summed E-state index contributed by atoms with van der Waals surface area (Å²) in [5, 5.41) is 24.5. The van der Waals surface area contributed by atoms with Gasteiger partial charge in [0.15, 0.2) is 22.6 Å². The smallest absolute Gasteiger partial charge is 0.507 e. The fourth-order valence-electron chi connectivity index (χ4n) is 7.37. The number of nitrogens with zero attached hydrogens (tertiary/aromatic N) is 4. The van der Waals surface area contributed by atoms with Crippen molar-refractivity contribution in [3.05, 3.63) is 42.2 Å². The molecule has 59 heavy (non-hydrogen) atoms. The van der Waals surface area contributed by atoms with E-state index in [2.05, 4.69) is 45.7 Å². The molecule has 1 fully saturated rings. The fourth-order valence-corrected chi connectivity index (χ4v) is 8.18. The zero-order valence-electron chi connectivity index (χ0n) is 35.4. The van der Waals surface area contributed by atoms with Crippen LogP contribution in [0.25, 0.3) is 11.2 Å². The quantitative estimate of drug-likeness (QED) is 0.0179. The maximum atomic E-state index is 14.2. The number of esters is 1. The Bertz CT molecular complexity index is 1780. The molecule has 0 spiro atoms. The van der Waals surface area contributed by atoms with Gasteiger partial charge in [-0.05, 0) is 49.3 Å². The Morgan fingerprint density at radius 3 is 2.15 bits per heavy atom. The summed E-state index contributed by atoms with van der Waals surface area (Å²) in [4.78, 5) is 24.9. The Labute approximate surface area is 350 Å². The minimum atomic E-state index is -2.67.